The highest BCUT2D eigenvalue weighted by Crippen LogP contribution is 2.30. The van der Waals surface area contributed by atoms with E-state index in [4.69, 9.17) is 4.98 Å². The quantitative estimate of drug-likeness (QED) is 0.765. The summed E-state index contributed by atoms with van der Waals surface area (Å²) in [5, 5.41) is 0.972. The first-order chi connectivity index (χ1) is 13.5. The van der Waals surface area contributed by atoms with Crippen molar-refractivity contribution in [2.45, 2.75) is 19.8 Å². The molecule has 1 aliphatic carbocycles. The maximum atomic E-state index is 13.0. The molecule has 6 nitrogen and oxygen atoms in total. The average molecular weight is 418 g/mol. The number of carbonyl (C=O) groups excluding carboxylic acids is 1. The van der Waals surface area contributed by atoms with Gasteiger partial charge >= 0.3 is 0 Å². The zero-order valence-electron chi connectivity index (χ0n) is 15.8. The van der Waals surface area contributed by atoms with Crippen LogP contribution in [0.15, 0.2) is 46.9 Å². The molecule has 148 valence electrons. The third kappa shape index (κ3) is 3.58. The van der Waals surface area contributed by atoms with Gasteiger partial charge in [-0.2, -0.15) is 0 Å². The lowest BCUT2D eigenvalue weighted by Crippen LogP contribution is -2.49. The van der Waals surface area contributed by atoms with Gasteiger partial charge in [0, 0.05) is 26.2 Å². The molecule has 0 atom stereocenters. The van der Waals surface area contributed by atoms with E-state index in [-0.39, 0.29) is 16.6 Å². The molecule has 1 aromatic heterocycles. The number of rotatable bonds is 4. The number of hydrogen-bond donors (Lipinski definition) is 0. The number of para-hydroxylation sites is 1. The van der Waals surface area contributed by atoms with Crippen molar-refractivity contribution in [2.24, 2.45) is 0 Å². The number of carbonyl (C=O) groups is 1. The lowest BCUT2D eigenvalue weighted by molar-refractivity contribution is -0.127. The van der Waals surface area contributed by atoms with Gasteiger partial charge in [0.25, 0.3) is 5.91 Å². The van der Waals surface area contributed by atoms with Gasteiger partial charge in [0.2, 0.25) is 0 Å². The molecule has 1 aromatic carbocycles. The molecule has 2 aromatic rings. The molecule has 1 amide bonds. The molecule has 0 spiro atoms. The number of piperazine rings is 1. The predicted octanol–water partition coefficient (Wildman–Crippen LogP) is 2.98. The van der Waals surface area contributed by atoms with E-state index in [0.717, 1.165) is 15.3 Å². The Kier molecular flexibility index (Phi) is 5.25. The van der Waals surface area contributed by atoms with Gasteiger partial charge in [0.1, 0.15) is 0 Å². The molecular weight excluding hydrogens is 394 g/mol. The van der Waals surface area contributed by atoms with Crippen LogP contribution < -0.4 is 4.90 Å². The molecular formula is C20H23N3O3S2. The number of hydrogen-bond acceptors (Lipinski definition) is 6. The molecule has 2 heterocycles. The summed E-state index contributed by atoms with van der Waals surface area (Å²) in [6, 6.07) is 8.06. The van der Waals surface area contributed by atoms with Crippen molar-refractivity contribution >= 4 is 42.4 Å². The van der Waals surface area contributed by atoms with E-state index in [1.54, 1.807) is 35.3 Å². The number of aromatic nitrogens is 1. The molecule has 2 aliphatic rings. The van der Waals surface area contributed by atoms with Crippen LogP contribution in [0, 0.1) is 0 Å². The second kappa shape index (κ2) is 7.67. The first-order valence-corrected chi connectivity index (χ1v) is 12.0. The smallest absolute Gasteiger partial charge is 0.254 e. The van der Waals surface area contributed by atoms with E-state index in [2.05, 4.69) is 11.0 Å². The van der Waals surface area contributed by atoms with Gasteiger partial charge in [-0.15, -0.1) is 0 Å². The standard InChI is InChI=1S/C20H23N3O3S2/c1-2-28(25,26)18-10-6-3-7-15(18)19(24)22-11-13-23(14-12-22)20-21-16-8-4-5-9-17(16)27-20/h4-5,7-10H,2-3,6,11-14H2,1H3. The Balaban J connectivity index is 1.46. The van der Waals surface area contributed by atoms with Gasteiger partial charge in [-0.05, 0) is 25.0 Å². The van der Waals surface area contributed by atoms with E-state index in [0.29, 0.717) is 44.6 Å². The van der Waals surface area contributed by atoms with Crippen LogP contribution in [0.3, 0.4) is 0 Å². The maximum absolute atomic E-state index is 13.0. The first-order valence-electron chi connectivity index (χ1n) is 9.53. The summed E-state index contributed by atoms with van der Waals surface area (Å²) in [4.78, 5) is 21.9. The minimum atomic E-state index is -3.40. The Morgan fingerprint density at radius 1 is 1.11 bits per heavy atom. The number of sulfone groups is 1. The lowest BCUT2D eigenvalue weighted by Gasteiger charge is -2.35. The predicted molar refractivity (Wildman–Crippen MR) is 113 cm³/mol. The van der Waals surface area contributed by atoms with Crippen molar-refractivity contribution in [3.05, 3.63) is 46.9 Å². The molecule has 0 bridgehead atoms. The molecule has 1 aliphatic heterocycles. The summed E-state index contributed by atoms with van der Waals surface area (Å²) in [5.41, 5.74) is 1.34. The fraction of sp³-hybridized carbons (Fsp3) is 0.400. The molecule has 1 fully saturated rings. The third-order valence-corrected chi connectivity index (χ3v) is 8.09. The Hall–Kier alpha value is -2.19. The Bertz CT molecular complexity index is 1030. The van der Waals surface area contributed by atoms with E-state index >= 15 is 0 Å². The molecule has 0 unspecified atom stereocenters. The molecule has 0 N–H and O–H groups in total. The van der Waals surface area contributed by atoms with Gasteiger partial charge in [-0.25, -0.2) is 13.4 Å². The Morgan fingerprint density at radius 2 is 1.82 bits per heavy atom. The summed E-state index contributed by atoms with van der Waals surface area (Å²) in [6.07, 6.45) is 4.85. The van der Waals surface area contributed by atoms with Crippen LogP contribution in [0.25, 0.3) is 10.2 Å². The highest BCUT2D eigenvalue weighted by atomic mass is 32.2. The van der Waals surface area contributed by atoms with E-state index in [1.165, 1.54) is 0 Å². The largest absolute Gasteiger partial charge is 0.345 e. The van der Waals surface area contributed by atoms with Gasteiger partial charge in [0.05, 0.1) is 26.4 Å². The highest BCUT2D eigenvalue weighted by molar-refractivity contribution is 7.95. The maximum Gasteiger partial charge on any atom is 0.254 e. The van der Waals surface area contributed by atoms with Crippen molar-refractivity contribution in [3.63, 3.8) is 0 Å². The number of allylic oxidation sites excluding steroid dienone is 2. The summed E-state index contributed by atoms with van der Waals surface area (Å²) in [5.74, 6) is -0.165. The molecule has 1 saturated heterocycles. The number of nitrogens with zero attached hydrogens (tertiary/aromatic N) is 3. The van der Waals surface area contributed by atoms with Crippen LogP contribution in [-0.4, -0.2) is 56.1 Å². The minimum absolute atomic E-state index is 0.00877. The van der Waals surface area contributed by atoms with Gasteiger partial charge in [-0.3, -0.25) is 4.79 Å². The summed E-state index contributed by atoms with van der Waals surface area (Å²) in [7, 11) is -3.40. The topological polar surface area (TPSA) is 70.6 Å². The van der Waals surface area contributed by atoms with Crippen LogP contribution in [0.5, 0.6) is 0 Å². The second-order valence-corrected chi connectivity index (χ2v) is 10.2. The van der Waals surface area contributed by atoms with Crippen molar-refractivity contribution in [1.29, 1.82) is 0 Å². The first kappa shape index (κ1) is 19.1. The molecule has 4 rings (SSSR count). The third-order valence-electron chi connectivity index (χ3n) is 5.18. The van der Waals surface area contributed by atoms with E-state index in [1.807, 2.05) is 18.2 Å². The summed E-state index contributed by atoms with van der Waals surface area (Å²) < 4.78 is 25.9. The fourth-order valence-electron chi connectivity index (χ4n) is 3.56. The second-order valence-electron chi connectivity index (χ2n) is 6.91. The van der Waals surface area contributed by atoms with Gasteiger partial charge in [0.15, 0.2) is 15.0 Å². The molecule has 0 radical (unpaired) electrons. The van der Waals surface area contributed by atoms with Crippen LogP contribution in [-0.2, 0) is 14.6 Å². The van der Waals surface area contributed by atoms with Crippen molar-refractivity contribution in [2.75, 3.05) is 36.8 Å². The highest BCUT2D eigenvalue weighted by Gasteiger charge is 2.31. The molecule has 28 heavy (non-hydrogen) atoms. The zero-order valence-corrected chi connectivity index (χ0v) is 17.4. The van der Waals surface area contributed by atoms with Crippen LogP contribution in [0.1, 0.15) is 19.8 Å². The summed E-state index contributed by atoms with van der Waals surface area (Å²) in [6.45, 7) is 4.12. The number of anilines is 1. The monoisotopic (exact) mass is 417 g/mol. The van der Waals surface area contributed by atoms with Crippen LogP contribution in [0.2, 0.25) is 0 Å². The zero-order chi connectivity index (χ0) is 19.7. The SMILES string of the molecule is CCS(=O)(=O)C1=CCCC=C1C(=O)N1CCN(c2nc3ccccc3s2)CC1. The summed E-state index contributed by atoms with van der Waals surface area (Å²) >= 11 is 1.66. The molecule has 0 saturated carbocycles. The van der Waals surface area contributed by atoms with Crippen LogP contribution >= 0.6 is 11.3 Å². The number of benzene rings is 1. The number of amides is 1. The van der Waals surface area contributed by atoms with Crippen molar-refractivity contribution in [3.8, 4) is 0 Å². The average Bonchev–Trinajstić information content (AvgIpc) is 3.17. The molecule has 8 heteroatoms. The van der Waals surface area contributed by atoms with Crippen molar-refractivity contribution < 1.29 is 13.2 Å². The van der Waals surface area contributed by atoms with Gasteiger partial charge in [-0.1, -0.05) is 42.5 Å². The van der Waals surface area contributed by atoms with E-state index < -0.39 is 9.84 Å². The minimum Gasteiger partial charge on any atom is -0.345 e. The Labute approximate surface area is 169 Å². The number of fused-ring (bicyclic) bond motifs is 1. The van der Waals surface area contributed by atoms with E-state index in [9.17, 15) is 13.2 Å². The normalized spacial score (nSPS) is 18.2. The van der Waals surface area contributed by atoms with Crippen molar-refractivity contribution in [1.82, 2.24) is 9.88 Å². The van der Waals surface area contributed by atoms with Crippen LogP contribution in [0.4, 0.5) is 5.13 Å². The number of thiazole rings is 1. The fourth-order valence-corrected chi connectivity index (χ4v) is 5.77. The Morgan fingerprint density at radius 3 is 2.54 bits per heavy atom. The lowest BCUT2D eigenvalue weighted by atomic mass is 10.1. The van der Waals surface area contributed by atoms with Gasteiger partial charge < -0.3 is 9.80 Å².